The van der Waals surface area contributed by atoms with Crippen LogP contribution in [0, 0.1) is 11.2 Å². The molecule has 0 aliphatic rings. The van der Waals surface area contributed by atoms with Crippen molar-refractivity contribution in [2.24, 2.45) is 12.5 Å². The highest BCUT2D eigenvalue weighted by Gasteiger charge is 2.24. The number of aliphatic hydroxyl groups is 1. The summed E-state index contributed by atoms with van der Waals surface area (Å²) in [5, 5.41) is 17.7. The summed E-state index contributed by atoms with van der Waals surface area (Å²) in [6.07, 6.45) is 3.15. The van der Waals surface area contributed by atoms with Crippen LogP contribution in [0.25, 0.3) is 0 Å². The maximum Gasteiger partial charge on any atom is 0.123 e. The van der Waals surface area contributed by atoms with Crippen LogP contribution in [0.2, 0.25) is 0 Å². The molecule has 1 heterocycles. The molecule has 0 saturated carbocycles. The zero-order valence-corrected chi connectivity index (χ0v) is 13.5. The van der Waals surface area contributed by atoms with Crippen molar-refractivity contribution in [2.75, 3.05) is 6.54 Å². The molecule has 1 aromatic heterocycles. The molecular weight excluding hydrogens is 281 g/mol. The van der Waals surface area contributed by atoms with Crippen molar-refractivity contribution in [3.05, 3.63) is 53.6 Å². The average Bonchev–Trinajstić information content (AvgIpc) is 2.84. The molecule has 0 aliphatic heterocycles. The Balaban J connectivity index is 2.23. The first-order valence-corrected chi connectivity index (χ1v) is 7.43. The number of aromatic nitrogens is 2. The molecule has 2 atom stereocenters. The minimum Gasteiger partial charge on any atom is -0.391 e. The quantitative estimate of drug-likeness (QED) is 0.893. The number of aliphatic hydroxyl groups excluding tert-OH is 1. The van der Waals surface area contributed by atoms with Gasteiger partial charge >= 0.3 is 0 Å². The van der Waals surface area contributed by atoms with Gasteiger partial charge in [-0.05, 0) is 23.1 Å². The van der Waals surface area contributed by atoms with E-state index in [9.17, 15) is 9.50 Å². The summed E-state index contributed by atoms with van der Waals surface area (Å²) < 4.78 is 15.3. The fraction of sp³-hybridized carbons (Fsp3) is 0.471. The molecule has 1 aromatic carbocycles. The summed E-state index contributed by atoms with van der Waals surface area (Å²) in [7, 11) is 1.84. The SMILES string of the molecule is Cn1cc(C(NCC(O)C(C)(C)C)c2cccc(F)c2)cn1. The van der Waals surface area contributed by atoms with Gasteiger partial charge in [0.1, 0.15) is 5.82 Å². The monoisotopic (exact) mass is 305 g/mol. The molecule has 120 valence electrons. The Hall–Kier alpha value is -1.72. The van der Waals surface area contributed by atoms with E-state index in [1.807, 2.05) is 40.1 Å². The summed E-state index contributed by atoms with van der Waals surface area (Å²) >= 11 is 0. The lowest BCUT2D eigenvalue weighted by atomic mass is 9.88. The van der Waals surface area contributed by atoms with Crippen LogP contribution in [-0.2, 0) is 7.05 Å². The summed E-state index contributed by atoms with van der Waals surface area (Å²) in [6, 6.07) is 6.29. The molecule has 0 radical (unpaired) electrons. The molecule has 0 bridgehead atoms. The van der Waals surface area contributed by atoms with E-state index in [-0.39, 0.29) is 17.3 Å². The first-order chi connectivity index (χ1) is 10.3. The number of aryl methyl sites for hydroxylation is 1. The van der Waals surface area contributed by atoms with Crippen LogP contribution >= 0.6 is 0 Å². The zero-order valence-electron chi connectivity index (χ0n) is 13.5. The number of halogens is 1. The van der Waals surface area contributed by atoms with Crippen molar-refractivity contribution in [3.8, 4) is 0 Å². The minimum atomic E-state index is -0.500. The number of benzene rings is 1. The van der Waals surface area contributed by atoms with Crippen molar-refractivity contribution in [2.45, 2.75) is 32.9 Å². The van der Waals surface area contributed by atoms with Gasteiger partial charge in [0.25, 0.3) is 0 Å². The molecule has 4 nitrogen and oxygen atoms in total. The van der Waals surface area contributed by atoms with E-state index in [1.165, 1.54) is 12.1 Å². The van der Waals surface area contributed by atoms with Crippen LogP contribution in [0.1, 0.15) is 37.9 Å². The first kappa shape index (κ1) is 16.6. The van der Waals surface area contributed by atoms with E-state index < -0.39 is 6.10 Å². The minimum absolute atomic E-state index is 0.207. The topological polar surface area (TPSA) is 50.1 Å². The lowest BCUT2D eigenvalue weighted by Crippen LogP contribution is -2.38. The number of hydrogen-bond acceptors (Lipinski definition) is 3. The van der Waals surface area contributed by atoms with E-state index in [4.69, 9.17) is 0 Å². The van der Waals surface area contributed by atoms with Crippen LogP contribution in [-0.4, -0.2) is 27.5 Å². The molecule has 0 spiro atoms. The number of nitrogens with zero attached hydrogens (tertiary/aromatic N) is 2. The Morgan fingerprint density at radius 1 is 1.32 bits per heavy atom. The Kier molecular flexibility index (Phi) is 4.98. The van der Waals surface area contributed by atoms with Crippen LogP contribution < -0.4 is 5.32 Å². The standard InChI is InChI=1S/C17H24FN3O/c1-17(2,3)15(22)10-19-16(13-9-20-21(4)11-13)12-6-5-7-14(18)8-12/h5-9,11,15-16,19,22H,10H2,1-4H3. The van der Waals surface area contributed by atoms with Gasteiger partial charge < -0.3 is 10.4 Å². The Morgan fingerprint density at radius 3 is 2.59 bits per heavy atom. The molecule has 0 saturated heterocycles. The van der Waals surface area contributed by atoms with Crippen molar-refractivity contribution in [1.29, 1.82) is 0 Å². The first-order valence-electron chi connectivity index (χ1n) is 7.43. The third-order valence-corrected chi connectivity index (χ3v) is 3.76. The van der Waals surface area contributed by atoms with Crippen LogP contribution in [0.3, 0.4) is 0 Å². The van der Waals surface area contributed by atoms with Gasteiger partial charge in [0.2, 0.25) is 0 Å². The van der Waals surface area contributed by atoms with Gasteiger partial charge in [0, 0.05) is 25.4 Å². The molecule has 2 rings (SSSR count). The van der Waals surface area contributed by atoms with Gasteiger partial charge in [0.05, 0.1) is 18.3 Å². The highest BCUT2D eigenvalue weighted by atomic mass is 19.1. The third kappa shape index (κ3) is 4.15. The molecule has 2 N–H and O–H groups in total. The van der Waals surface area contributed by atoms with Gasteiger partial charge in [-0.3, -0.25) is 4.68 Å². The lowest BCUT2D eigenvalue weighted by molar-refractivity contribution is 0.0614. The molecule has 0 aliphatic carbocycles. The van der Waals surface area contributed by atoms with Crippen molar-refractivity contribution in [1.82, 2.24) is 15.1 Å². The second kappa shape index (κ2) is 6.58. The van der Waals surface area contributed by atoms with Crippen molar-refractivity contribution < 1.29 is 9.50 Å². The molecule has 2 aromatic rings. The predicted octanol–water partition coefficient (Wildman–Crippen LogP) is 2.65. The van der Waals surface area contributed by atoms with Crippen molar-refractivity contribution >= 4 is 0 Å². The second-order valence-electron chi connectivity index (χ2n) is 6.73. The van der Waals surface area contributed by atoms with Crippen molar-refractivity contribution in [3.63, 3.8) is 0 Å². The van der Waals surface area contributed by atoms with E-state index in [0.29, 0.717) is 6.54 Å². The highest BCUT2D eigenvalue weighted by Crippen LogP contribution is 2.24. The average molecular weight is 305 g/mol. The number of nitrogens with one attached hydrogen (secondary N) is 1. The van der Waals surface area contributed by atoms with Crippen LogP contribution in [0.4, 0.5) is 4.39 Å². The third-order valence-electron chi connectivity index (χ3n) is 3.76. The molecule has 2 unspecified atom stereocenters. The largest absolute Gasteiger partial charge is 0.391 e. The lowest BCUT2D eigenvalue weighted by Gasteiger charge is -2.28. The van der Waals surface area contributed by atoms with Gasteiger partial charge in [-0.2, -0.15) is 5.10 Å². The van der Waals surface area contributed by atoms with Gasteiger partial charge in [-0.1, -0.05) is 32.9 Å². The molecular formula is C17H24FN3O. The van der Waals surface area contributed by atoms with E-state index in [2.05, 4.69) is 10.4 Å². The van der Waals surface area contributed by atoms with Gasteiger partial charge in [-0.25, -0.2) is 4.39 Å². The highest BCUT2D eigenvalue weighted by molar-refractivity contribution is 5.29. The summed E-state index contributed by atoms with van der Waals surface area (Å²) in [5.41, 5.74) is 1.54. The van der Waals surface area contributed by atoms with Gasteiger partial charge in [-0.15, -0.1) is 0 Å². The maximum atomic E-state index is 13.5. The maximum absolute atomic E-state index is 13.5. The molecule has 5 heteroatoms. The zero-order chi connectivity index (χ0) is 16.3. The fourth-order valence-corrected chi connectivity index (χ4v) is 2.24. The number of rotatable bonds is 5. The van der Waals surface area contributed by atoms with Crippen LogP contribution in [0.5, 0.6) is 0 Å². The fourth-order valence-electron chi connectivity index (χ4n) is 2.24. The van der Waals surface area contributed by atoms with E-state index >= 15 is 0 Å². The summed E-state index contributed by atoms with van der Waals surface area (Å²) in [6.45, 7) is 6.38. The predicted molar refractivity (Wildman–Crippen MR) is 84.9 cm³/mol. The van der Waals surface area contributed by atoms with Gasteiger partial charge in [0.15, 0.2) is 0 Å². The normalized spacial score (nSPS) is 14.8. The smallest absolute Gasteiger partial charge is 0.123 e. The Morgan fingerprint density at radius 2 is 2.05 bits per heavy atom. The van der Waals surface area contributed by atoms with E-state index in [1.54, 1.807) is 16.9 Å². The van der Waals surface area contributed by atoms with Crippen LogP contribution in [0.15, 0.2) is 36.7 Å². The Labute approximate surface area is 131 Å². The molecule has 0 amide bonds. The summed E-state index contributed by atoms with van der Waals surface area (Å²) in [4.78, 5) is 0. The Bertz CT molecular complexity index is 618. The van der Waals surface area contributed by atoms with E-state index in [0.717, 1.165) is 11.1 Å². The number of hydrogen-bond donors (Lipinski definition) is 2. The molecule has 22 heavy (non-hydrogen) atoms. The summed E-state index contributed by atoms with van der Waals surface area (Å²) in [5.74, 6) is -0.274. The molecule has 0 fully saturated rings. The second-order valence-corrected chi connectivity index (χ2v) is 6.73.